The van der Waals surface area contributed by atoms with Crippen molar-refractivity contribution < 1.29 is 14.3 Å². The number of hydrogen-bond acceptors (Lipinski definition) is 4. The molecule has 2 N–H and O–H groups in total. The zero-order valence-corrected chi connectivity index (χ0v) is 18.4. The van der Waals surface area contributed by atoms with Gasteiger partial charge >= 0.3 is 0 Å². The maximum absolute atomic E-state index is 12.8. The van der Waals surface area contributed by atoms with Gasteiger partial charge in [-0.1, -0.05) is 39.7 Å². The maximum atomic E-state index is 12.8. The quantitative estimate of drug-likeness (QED) is 0.652. The van der Waals surface area contributed by atoms with E-state index in [1.807, 2.05) is 36.4 Å². The summed E-state index contributed by atoms with van der Waals surface area (Å²) >= 11 is 9.57. The minimum Gasteiger partial charge on any atom is -0.378 e. The van der Waals surface area contributed by atoms with E-state index in [0.717, 1.165) is 28.8 Å². The lowest BCUT2D eigenvalue weighted by atomic mass is 10.0. The first-order chi connectivity index (χ1) is 13.9. The zero-order valence-electron chi connectivity index (χ0n) is 16.1. The highest BCUT2D eigenvalue weighted by molar-refractivity contribution is 9.10. The Labute approximate surface area is 183 Å². The van der Waals surface area contributed by atoms with Crippen LogP contribution in [0.4, 0.5) is 11.4 Å². The molecule has 2 amide bonds. The Morgan fingerprint density at radius 1 is 1.17 bits per heavy atom. The third kappa shape index (κ3) is 6.19. The van der Waals surface area contributed by atoms with E-state index in [0.29, 0.717) is 23.9 Å². The molecule has 2 aromatic carbocycles. The highest BCUT2D eigenvalue weighted by Crippen LogP contribution is 2.30. The van der Waals surface area contributed by atoms with Crippen LogP contribution in [0, 0.1) is 0 Å². The first-order valence-corrected chi connectivity index (χ1v) is 10.5. The van der Waals surface area contributed by atoms with Crippen molar-refractivity contribution in [2.24, 2.45) is 0 Å². The monoisotopic (exact) mass is 479 g/mol. The molecule has 0 radical (unpaired) electrons. The van der Waals surface area contributed by atoms with E-state index in [1.54, 1.807) is 6.07 Å². The van der Waals surface area contributed by atoms with Gasteiger partial charge in [0.1, 0.15) is 0 Å². The standard InChI is InChI=1S/C21H23BrClN3O3/c1-14(27)24-18(15-2-4-16(22)5-3-15)13-21(28)25-19-12-17(23)6-7-20(19)26-8-10-29-11-9-26/h2-7,12,18H,8-11,13H2,1H3,(H,24,27)(H,25,28). The van der Waals surface area contributed by atoms with Crippen molar-refractivity contribution in [3.05, 3.63) is 57.5 Å². The van der Waals surface area contributed by atoms with Gasteiger partial charge in [0.15, 0.2) is 0 Å². The van der Waals surface area contributed by atoms with E-state index in [1.165, 1.54) is 6.92 Å². The predicted molar refractivity (Wildman–Crippen MR) is 118 cm³/mol. The second-order valence-corrected chi connectivity index (χ2v) is 8.17. The fraction of sp³-hybridized carbons (Fsp3) is 0.333. The number of rotatable bonds is 6. The highest BCUT2D eigenvalue weighted by atomic mass is 79.9. The number of hydrogen-bond donors (Lipinski definition) is 2. The zero-order chi connectivity index (χ0) is 20.8. The van der Waals surface area contributed by atoms with Crippen LogP contribution in [0.5, 0.6) is 0 Å². The van der Waals surface area contributed by atoms with Crippen LogP contribution < -0.4 is 15.5 Å². The second-order valence-electron chi connectivity index (χ2n) is 6.82. The summed E-state index contributed by atoms with van der Waals surface area (Å²) in [4.78, 5) is 26.6. The van der Waals surface area contributed by atoms with E-state index in [-0.39, 0.29) is 18.2 Å². The van der Waals surface area contributed by atoms with Gasteiger partial charge in [0.2, 0.25) is 11.8 Å². The Kier molecular flexibility index (Phi) is 7.52. The molecule has 1 saturated heterocycles. The van der Waals surface area contributed by atoms with Crippen LogP contribution in [0.3, 0.4) is 0 Å². The molecule has 1 aliphatic heterocycles. The van der Waals surface area contributed by atoms with Gasteiger partial charge in [-0.25, -0.2) is 0 Å². The molecule has 0 saturated carbocycles. The van der Waals surface area contributed by atoms with Gasteiger partial charge in [-0.15, -0.1) is 0 Å². The van der Waals surface area contributed by atoms with Crippen LogP contribution in [0.25, 0.3) is 0 Å². The van der Waals surface area contributed by atoms with E-state index >= 15 is 0 Å². The van der Waals surface area contributed by atoms with Crippen LogP contribution in [-0.2, 0) is 14.3 Å². The third-order valence-corrected chi connectivity index (χ3v) is 5.39. The van der Waals surface area contributed by atoms with Crippen molar-refractivity contribution in [2.45, 2.75) is 19.4 Å². The summed E-state index contributed by atoms with van der Waals surface area (Å²) < 4.78 is 6.35. The SMILES string of the molecule is CC(=O)NC(CC(=O)Nc1cc(Cl)ccc1N1CCOCC1)c1ccc(Br)cc1. The average Bonchev–Trinajstić information content (AvgIpc) is 2.68. The van der Waals surface area contributed by atoms with E-state index in [2.05, 4.69) is 31.5 Å². The van der Waals surface area contributed by atoms with Crippen LogP contribution in [-0.4, -0.2) is 38.1 Å². The minimum absolute atomic E-state index is 0.107. The molecule has 0 spiro atoms. The topological polar surface area (TPSA) is 70.7 Å². The lowest BCUT2D eigenvalue weighted by molar-refractivity contribution is -0.120. The van der Waals surface area contributed by atoms with Gasteiger partial charge in [0, 0.05) is 29.5 Å². The first kappa shape index (κ1) is 21.6. The van der Waals surface area contributed by atoms with Crippen molar-refractivity contribution in [3.8, 4) is 0 Å². The molecule has 0 aliphatic carbocycles. The Hall–Kier alpha value is -2.09. The largest absolute Gasteiger partial charge is 0.378 e. The first-order valence-electron chi connectivity index (χ1n) is 9.37. The molecule has 29 heavy (non-hydrogen) atoms. The fourth-order valence-corrected chi connectivity index (χ4v) is 3.70. The number of carbonyl (C=O) groups is 2. The molecule has 154 valence electrons. The Morgan fingerprint density at radius 3 is 2.52 bits per heavy atom. The van der Waals surface area contributed by atoms with Crippen LogP contribution in [0.2, 0.25) is 5.02 Å². The normalized spacial score (nSPS) is 14.9. The number of ether oxygens (including phenoxy) is 1. The minimum atomic E-state index is -0.424. The number of halogens is 2. The Bertz CT molecular complexity index is 870. The summed E-state index contributed by atoms with van der Waals surface area (Å²) in [7, 11) is 0. The van der Waals surface area contributed by atoms with Crippen molar-refractivity contribution >= 4 is 50.7 Å². The number of morpholine rings is 1. The summed E-state index contributed by atoms with van der Waals surface area (Å²) in [5.41, 5.74) is 2.42. The van der Waals surface area contributed by atoms with Crippen LogP contribution in [0.1, 0.15) is 24.9 Å². The van der Waals surface area contributed by atoms with Gasteiger partial charge in [-0.05, 0) is 35.9 Å². The van der Waals surface area contributed by atoms with Crippen molar-refractivity contribution in [2.75, 3.05) is 36.5 Å². The maximum Gasteiger partial charge on any atom is 0.226 e. The number of amides is 2. The third-order valence-electron chi connectivity index (χ3n) is 4.62. The lowest BCUT2D eigenvalue weighted by Gasteiger charge is -2.30. The number of nitrogens with zero attached hydrogens (tertiary/aromatic N) is 1. The molecule has 1 fully saturated rings. The lowest BCUT2D eigenvalue weighted by Crippen LogP contribution is -2.37. The summed E-state index contributed by atoms with van der Waals surface area (Å²) in [5.74, 6) is -0.397. The van der Waals surface area contributed by atoms with E-state index < -0.39 is 6.04 Å². The number of carbonyl (C=O) groups excluding carboxylic acids is 2. The molecule has 3 rings (SSSR count). The van der Waals surface area contributed by atoms with Crippen molar-refractivity contribution in [3.63, 3.8) is 0 Å². The molecule has 0 bridgehead atoms. The average molecular weight is 481 g/mol. The van der Waals surface area contributed by atoms with Crippen LogP contribution in [0.15, 0.2) is 46.9 Å². The second kappa shape index (κ2) is 10.1. The summed E-state index contributed by atoms with van der Waals surface area (Å²) in [6.07, 6.45) is 0.107. The number of nitrogens with one attached hydrogen (secondary N) is 2. The summed E-state index contributed by atoms with van der Waals surface area (Å²) in [6, 6.07) is 12.6. The molecular weight excluding hydrogens is 458 g/mol. The number of benzene rings is 2. The molecule has 1 aliphatic rings. The van der Waals surface area contributed by atoms with Gasteiger partial charge in [-0.2, -0.15) is 0 Å². The van der Waals surface area contributed by atoms with E-state index in [9.17, 15) is 9.59 Å². The molecule has 1 heterocycles. The van der Waals surface area contributed by atoms with Gasteiger partial charge in [0.25, 0.3) is 0 Å². The van der Waals surface area contributed by atoms with Gasteiger partial charge in [-0.3, -0.25) is 9.59 Å². The van der Waals surface area contributed by atoms with Crippen molar-refractivity contribution in [1.82, 2.24) is 5.32 Å². The Morgan fingerprint density at radius 2 is 1.86 bits per heavy atom. The van der Waals surface area contributed by atoms with Gasteiger partial charge in [0.05, 0.1) is 37.1 Å². The molecule has 0 aromatic heterocycles. The Balaban J connectivity index is 1.76. The van der Waals surface area contributed by atoms with Crippen LogP contribution >= 0.6 is 27.5 Å². The molecular formula is C21H23BrClN3O3. The summed E-state index contributed by atoms with van der Waals surface area (Å²) in [5, 5.41) is 6.37. The van der Waals surface area contributed by atoms with Gasteiger partial charge < -0.3 is 20.3 Å². The smallest absolute Gasteiger partial charge is 0.226 e. The van der Waals surface area contributed by atoms with Crippen molar-refractivity contribution in [1.29, 1.82) is 0 Å². The van der Waals surface area contributed by atoms with E-state index in [4.69, 9.17) is 16.3 Å². The number of anilines is 2. The molecule has 1 unspecified atom stereocenters. The highest BCUT2D eigenvalue weighted by Gasteiger charge is 2.20. The molecule has 8 heteroatoms. The summed E-state index contributed by atoms with van der Waals surface area (Å²) in [6.45, 7) is 4.22. The molecule has 6 nitrogen and oxygen atoms in total. The predicted octanol–water partition coefficient (Wildman–Crippen LogP) is 4.15. The fourth-order valence-electron chi connectivity index (χ4n) is 3.27. The molecule has 1 atom stereocenters. The molecule has 2 aromatic rings.